The molecule has 1 spiro atoms. The molecular weight excluding hydrogens is 252 g/mol. The van der Waals surface area contributed by atoms with Gasteiger partial charge in [-0.05, 0) is 61.9 Å². The van der Waals surface area contributed by atoms with E-state index < -0.39 is 0 Å². The number of phenolic OH excluding ortho intramolecular Hbond substituents is 1. The van der Waals surface area contributed by atoms with E-state index in [4.69, 9.17) is 0 Å². The minimum atomic E-state index is 0.227. The van der Waals surface area contributed by atoms with Crippen molar-refractivity contribution in [2.45, 2.75) is 25.7 Å². The normalized spacial score (nSPS) is 23.5. The van der Waals surface area contributed by atoms with Crippen molar-refractivity contribution in [2.75, 3.05) is 19.6 Å². The maximum absolute atomic E-state index is 12.2. The van der Waals surface area contributed by atoms with Crippen LogP contribution in [-0.4, -0.2) is 30.6 Å². The average molecular weight is 274 g/mol. The highest BCUT2D eigenvalue weighted by Crippen LogP contribution is 2.58. The molecule has 1 atom stereocenters. The van der Waals surface area contributed by atoms with Crippen LogP contribution < -0.4 is 10.6 Å². The Kier molecular flexibility index (Phi) is 3.66. The van der Waals surface area contributed by atoms with Gasteiger partial charge in [-0.2, -0.15) is 0 Å². The molecule has 1 aliphatic heterocycles. The van der Waals surface area contributed by atoms with Crippen molar-refractivity contribution in [1.82, 2.24) is 10.6 Å². The maximum atomic E-state index is 12.2. The van der Waals surface area contributed by atoms with Crippen LogP contribution in [0.5, 0.6) is 5.75 Å². The SMILES string of the molecule is O=C(NCCc1ccc(O)cc1)C1CC12CCNCC2. The van der Waals surface area contributed by atoms with Crippen molar-refractivity contribution in [3.05, 3.63) is 29.8 Å². The number of benzene rings is 1. The number of amides is 1. The summed E-state index contributed by atoms with van der Waals surface area (Å²) in [6, 6.07) is 7.16. The Morgan fingerprint density at radius 2 is 2.00 bits per heavy atom. The second-order valence-corrected chi connectivity index (χ2v) is 6.08. The van der Waals surface area contributed by atoms with Crippen LogP contribution in [0.15, 0.2) is 24.3 Å². The molecule has 2 fully saturated rings. The molecule has 20 heavy (non-hydrogen) atoms. The number of piperidine rings is 1. The lowest BCUT2D eigenvalue weighted by Crippen LogP contribution is -2.34. The zero-order valence-corrected chi connectivity index (χ0v) is 11.7. The Balaban J connectivity index is 1.43. The Hall–Kier alpha value is -1.55. The largest absolute Gasteiger partial charge is 0.508 e. The molecule has 3 rings (SSSR count). The van der Waals surface area contributed by atoms with E-state index in [9.17, 15) is 9.90 Å². The first kappa shape index (κ1) is 13.4. The molecule has 1 aromatic carbocycles. The lowest BCUT2D eigenvalue weighted by atomic mass is 9.92. The van der Waals surface area contributed by atoms with E-state index in [0.717, 1.165) is 44.3 Å². The van der Waals surface area contributed by atoms with E-state index in [-0.39, 0.29) is 17.6 Å². The summed E-state index contributed by atoms with van der Waals surface area (Å²) >= 11 is 0. The second-order valence-electron chi connectivity index (χ2n) is 6.08. The van der Waals surface area contributed by atoms with E-state index in [1.165, 1.54) is 0 Å². The van der Waals surface area contributed by atoms with Gasteiger partial charge in [0.15, 0.2) is 0 Å². The molecule has 4 nitrogen and oxygen atoms in total. The molecule has 1 unspecified atom stereocenters. The van der Waals surface area contributed by atoms with E-state index in [1.54, 1.807) is 12.1 Å². The summed E-state index contributed by atoms with van der Waals surface area (Å²) < 4.78 is 0. The summed E-state index contributed by atoms with van der Waals surface area (Å²) in [7, 11) is 0. The maximum Gasteiger partial charge on any atom is 0.223 e. The lowest BCUT2D eigenvalue weighted by Gasteiger charge is -2.23. The third-order valence-corrected chi connectivity index (χ3v) is 4.75. The van der Waals surface area contributed by atoms with Crippen LogP contribution in [0, 0.1) is 11.3 Å². The molecule has 0 bridgehead atoms. The topological polar surface area (TPSA) is 61.4 Å². The van der Waals surface area contributed by atoms with Gasteiger partial charge in [0.05, 0.1) is 0 Å². The zero-order chi connectivity index (χ0) is 14.0. The van der Waals surface area contributed by atoms with Crippen LogP contribution in [0.2, 0.25) is 0 Å². The van der Waals surface area contributed by atoms with Crippen LogP contribution in [-0.2, 0) is 11.2 Å². The number of carbonyl (C=O) groups excluding carboxylic acids is 1. The van der Waals surface area contributed by atoms with Crippen molar-refractivity contribution in [3.8, 4) is 5.75 Å². The number of hydrogen-bond donors (Lipinski definition) is 3. The molecule has 1 aromatic rings. The molecule has 2 aliphatic rings. The van der Waals surface area contributed by atoms with Gasteiger partial charge in [0.1, 0.15) is 5.75 Å². The number of rotatable bonds is 4. The van der Waals surface area contributed by atoms with Gasteiger partial charge in [0.2, 0.25) is 5.91 Å². The molecule has 1 heterocycles. The van der Waals surface area contributed by atoms with E-state index in [2.05, 4.69) is 10.6 Å². The molecule has 0 aromatic heterocycles. The van der Waals surface area contributed by atoms with Gasteiger partial charge in [-0.25, -0.2) is 0 Å². The van der Waals surface area contributed by atoms with E-state index >= 15 is 0 Å². The van der Waals surface area contributed by atoms with Crippen LogP contribution in [0.3, 0.4) is 0 Å². The number of nitrogens with one attached hydrogen (secondary N) is 2. The van der Waals surface area contributed by atoms with Crippen molar-refractivity contribution in [2.24, 2.45) is 11.3 Å². The molecule has 108 valence electrons. The predicted octanol–water partition coefficient (Wildman–Crippen LogP) is 1.44. The Labute approximate surface area is 119 Å². The first-order chi connectivity index (χ1) is 9.70. The minimum Gasteiger partial charge on any atom is -0.508 e. The van der Waals surface area contributed by atoms with Crippen molar-refractivity contribution in [1.29, 1.82) is 0 Å². The molecule has 1 aliphatic carbocycles. The molecule has 1 saturated heterocycles. The number of carbonyl (C=O) groups is 1. The summed E-state index contributed by atoms with van der Waals surface area (Å²) in [6.07, 6.45) is 4.17. The van der Waals surface area contributed by atoms with Gasteiger partial charge in [-0.15, -0.1) is 0 Å². The van der Waals surface area contributed by atoms with Crippen LogP contribution in [0.25, 0.3) is 0 Å². The zero-order valence-electron chi connectivity index (χ0n) is 11.7. The van der Waals surface area contributed by atoms with Gasteiger partial charge >= 0.3 is 0 Å². The number of aromatic hydroxyl groups is 1. The predicted molar refractivity (Wildman–Crippen MR) is 77.5 cm³/mol. The summed E-state index contributed by atoms with van der Waals surface area (Å²) in [5.41, 5.74) is 1.45. The van der Waals surface area contributed by atoms with Gasteiger partial charge in [-0.1, -0.05) is 12.1 Å². The van der Waals surface area contributed by atoms with Crippen LogP contribution in [0.1, 0.15) is 24.8 Å². The Morgan fingerprint density at radius 3 is 2.70 bits per heavy atom. The van der Waals surface area contributed by atoms with Crippen LogP contribution >= 0.6 is 0 Å². The average Bonchev–Trinajstić information content (AvgIpc) is 3.15. The molecule has 3 N–H and O–H groups in total. The monoisotopic (exact) mass is 274 g/mol. The Morgan fingerprint density at radius 1 is 1.30 bits per heavy atom. The lowest BCUT2D eigenvalue weighted by molar-refractivity contribution is -0.123. The molecular formula is C16H22N2O2. The molecule has 1 saturated carbocycles. The first-order valence-corrected chi connectivity index (χ1v) is 7.46. The van der Waals surface area contributed by atoms with E-state index in [1.807, 2.05) is 12.1 Å². The van der Waals surface area contributed by atoms with Gasteiger partial charge in [-0.3, -0.25) is 4.79 Å². The fourth-order valence-corrected chi connectivity index (χ4v) is 3.31. The fraction of sp³-hybridized carbons (Fsp3) is 0.562. The van der Waals surface area contributed by atoms with Crippen molar-refractivity contribution >= 4 is 5.91 Å². The van der Waals surface area contributed by atoms with E-state index in [0.29, 0.717) is 12.0 Å². The standard InChI is InChI=1S/C16H22N2O2/c19-13-3-1-12(2-4-13)5-8-18-15(20)14-11-16(14)6-9-17-10-7-16/h1-4,14,17,19H,5-11H2,(H,18,20). The fourth-order valence-electron chi connectivity index (χ4n) is 3.31. The smallest absolute Gasteiger partial charge is 0.223 e. The summed E-state index contributed by atoms with van der Waals surface area (Å²) in [5, 5.41) is 15.6. The van der Waals surface area contributed by atoms with Crippen molar-refractivity contribution in [3.63, 3.8) is 0 Å². The summed E-state index contributed by atoms with van der Waals surface area (Å²) in [4.78, 5) is 12.2. The number of hydrogen-bond acceptors (Lipinski definition) is 3. The highest BCUT2D eigenvalue weighted by molar-refractivity contribution is 5.82. The second kappa shape index (κ2) is 5.44. The highest BCUT2D eigenvalue weighted by Gasteiger charge is 2.57. The van der Waals surface area contributed by atoms with Gasteiger partial charge in [0.25, 0.3) is 0 Å². The number of phenols is 1. The quantitative estimate of drug-likeness (QED) is 0.778. The van der Waals surface area contributed by atoms with Gasteiger partial charge < -0.3 is 15.7 Å². The molecule has 1 amide bonds. The van der Waals surface area contributed by atoms with Crippen LogP contribution in [0.4, 0.5) is 0 Å². The third kappa shape index (κ3) is 2.80. The minimum absolute atomic E-state index is 0.227. The third-order valence-electron chi connectivity index (χ3n) is 4.75. The summed E-state index contributed by atoms with van der Waals surface area (Å²) in [5.74, 6) is 0.749. The van der Waals surface area contributed by atoms with Gasteiger partial charge in [0, 0.05) is 12.5 Å². The van der Waals surface area contributed by atoms with Crippen molar-refractivity contribution < 1.29 is 9.90 Å². The molecule has 0 radical (unpaired) electrons. The summed E-state index contributed by atoms with van der Waals surface area (Å²) in [6.45, 7) is 2.78. The molecule has 4 heteroatoms. The Bertz CT molecular complexity index is 478. The first-order valence-electron chi connectivity index (χ1n) is 7.46. The highest BCUT2D eigenvalue weighted by atomic mass is 16.3.